The molecule has 1 fully saturated rings. The zero-order valence-corrected chi connectivity index (χ0v) is 18.1. The first-order valence-corrected chi connectivity index (χ1v) is 10.3. The number of amides is 1. The van der Waals surface area contributed by atoms with Crippen molar-refractivity contribution < 1.29 is 19.0 Å². The summed E-state index contributed by atoms with van der Waals surface area (Å²) in [6, 6.07) is 8.90. The summed E-state index contributed by atoms with van der Waals surface area (Å²) < 4.78 is 16.7. The monoisotopic (exact) mass is 442 g/mol. The highest BCUT2D eigenvalue weighted by Gasteiger charge is 2.27. The molecule has 0 aliphatic carbocycles. The van der Waals surface area contributed by atoms with E-state index in [0.717, 1.165) is 18.4 Å². The topological polar surface area (TPSA) is 89.6 Å². The second-order valence-corrected chi connectivity index (χ2v) is 7.58. The maximum Gasteiger partial charge on any atom is 0.272 e. The van der Waals surface area contributed by atoms with Gasteiger partial charge in [-0.05, 0) is 37.1 Å². The standard InChI is InChI=1S/C22H23ClN4O4/c1-29-14-5-6-20(30-2)16(10-14)18-11-19(26-25-18)22(28)27-9-3-4-15(13-27)31-21-7-8-24-12-17(21)23/h5-8,10-12,15H,3-4,9,13H2,1-2H3,(H,25,26). The molecule has 0 bridgehead atoms. The minimum absolute atomic E-state index is 0.130. The SMILES string of the molecule is COc1ccc(OC)c(-c2cc(C(=O)N3CCCC(Oc4ccncc4Cl)C3)[nH]n2)c1. The predicted molar refractivity (Wildman–Crippen MR) is 116 cm³/mol. The second kappa shape index (κ2) is 9.26. The molecule has 1 amide bonds. The summed E-state index contributed by atoms with van der Waals surface area (Å²) >= 11 is 6.15. The lowest BCUT2D eigenvalue weighted by molar-refractivity contribution is 0.0532. The van der Waals surface area contributed by atoms with E-state index in [0.29, 0.717) is 46.7 Å². The van der Waals surface area contributed by atoms with Crippen molar-refractivity contribution in [3.8, 4) is 28.5 Å². The summed E-state index contributed by atoms with van der Waals surface area (Å²) in [6.07, 6.45) is 4.72. The molecule has 2 aromatic heterocycles. The molecule has 4 rings (SSSR count). The maximum absolute atomic E-state index is 13.1. The van der Waals surface area contributed by atoms with Crippen molar-refractivity contribution in [2.24, 2.45) is 0 Å². The summed E-state index contributed by atoms with van der Waals surface area (Å²) in [7, 11) is 3.19. The molecule has 0 radical (unpaired) electrons. The number of carbonyl (C=O) groups excluding carboxylic acids is 1. The van der Waals surface area contributed by atoms with E-state index in [9.17, 15) is 4.79 Å². The lowest BCUT2D eigenvalue weighted by atomic mass is 10.1. The number of piperidine rings is 1. The quantitative estimate of drug-likeness (QED) is 0.624. The van der Waals surface area contributed by atoms with E-state index in [-0.39, 0.29) is 12.0 Å². The Hall–Kier alpha value is -3.26. The molecule has 8 nitrogen and oxygen atoms in total. The summed E-state index contributed by atoms with van der Waals surface area (Å²) in [5.41, 5.74) is 1.75. The number of benzene rings is 1. The molecule has 0 spiro atoms. The molecule has 9 heteroatoms. The van der Waals surface area contributed by atoms with Crippen LogP contribution in [0.4, 0.5) is 0 Å². The van der Waals surface area contributed by atoms with E-state index in [1.54, 1.807) is 49.7 Å². The molecule has 1 aliphatic rings. The minimum Gasteiger partial charge on any atom is -0.497 e. The van der Waals surface area contributed by atoms with Gasteiger partial charge in [-0.15, -0.1) is 0 Å². The fraction of sp³-hybridized carbons (Fsp3) is 0.318. The van der Waals surface area contributed by atoms with Gasteiger partial charge in [0.25, 0.3) is 5.91 Å². The molecular formula is C22H23ClN4O4. The highest BCUT2D eigenvalue weighted by molar-refractivity contribution is 6.31. The lowest BCUT2D eigenvalue weighted by Crippen LogP contribution is -2.44. The van der Waals surface area contributed by atoms with Crippen molar-refractivity contribution in [1.82, 2.24) is 20.1 Å². The Balaban J connectivity index is 1.49. The Morgan fingerprint density at radius 2 is 2.06 bits per heavy atom. The van der Waals surface area contributed by atoms with Crippen molar-refractivity contribution >= 4 is 17.5 Å². The van der Waals surface area contributed by atoms with E-state index < -0.39 is 0 Å². The number of pyridine rings is 1. The zero-order chi connectivity index (χ0) is 21.8. The second-order valence-electron chi connectivity index (χ2n) is 7.17. The Bertz CT molecular complexity index is 1070. The number of halogens is 1. The van der Waals surface area contributed by atoms with E-state index in [2.05, 4.69) is 15.2 Å². The summed E-state index contributed by atoms with van der Waals surface area (Å²) in [6.45, 7) is 1.12. The van der Waals surface area contributed by atoms with Crippen molar-refractivity contribution in [2.75, 3.05) is 27.3 Å². The third-order valence-corrected chi connectivity index (χ3v) is 5.47. The van der Waals surface area contributed by atoms with Gasteiger partial charge in [-0.25, -0.2) is 0 Å². The number of ether oxygens (including phenoxy) is 3. The molecule has 1 aliphatic heterocycles. The molecule has 1 N–H and O–H groups in total. The highest BCUT2D eigenvalue weighted by atomic mass is 35.5. The van der Waals surface area contributed by atoms with E-state index in [1.807, 2.05) is 12.1 Å². The number of hydrogen-bond acceptors (Lipinski definition) is 6. The first-order chi connectivity index (χ1) is 15.1. The van der Waals surface area contributed by atoms with Crippen molar-refractivity contribution in [3.63, 3.8) is 0 Å². The minimum atomic E-state index is -0.140. The first-order valence-electron chi connectivity index (χ1n) is 9.92. The molecule has 3 aromatic rings. The van der Waals surface area contributed by atoms with Crippen LogP contribution in [0.15, 0.2) is 42.7 Å². The van der Waals surface area contributed by atoms with Crippen LogP contribution < -0.4 is 14.2 Å². The normalized spacial score (nSPS) is 16.1. The largest absolute Gasteiger partial charge is 0.497 e. The molecular weight excluding hydrogens is 420 g/mol. The molecule has 31 heavy (non-hydrogen) atoms. The van der Waals surface area contributed by atoms with Gasteiger partial charge in [0.1, 0.15) is 34.1 Å². The van der Waals surface area contributed by atoms with Crippen LogP contribution in [0.25, 0.3) is 11.3 Å². The van der Waals surface area contributed by atoms with Crippen molar-refractivity contribution in [1.29, 1.82) is 0 Å². The van der Waals surface area contributed by atoms with Crippen LogP contribution in [0.5, 0.6) is 17.2 Å². The number of aromatic amines is 1. The van der Waals surface area contributed by atoms with Gasteiger partial charge in [0, 0.05) is 30.6 Å². The van der Waals surface area contributed by atoms with Crippen LogP contribution in [0.2, 0.25) is 5.02 Å². The first kappa shape index (κ1) is 21.0. The van der Waals surface area contributed by atoms with E-state index >= 15 is 0 Å². The lowest BCUT2D eigenvalue weighted by Gasteiger charge is -2.32. The number of H-pyrrole nitrogens is 1. The number of methoxy groups -OCH3 is 2. The molecule has 1 saturated heterocycles. The summed E-state index contributed by atoms with van der Waals surface area (Å²) in [5.74, 6) is 1.77. The van der Waals surface area contributed by atoms with E-state index in [4.69, 9.17) is 25.8 Å². The van der Waals surface area contributed by atoms with Crippen LogP contribution in [-0.2, 0) is 0 Å². The van der Waals surface area contributed by atoms with Crippen LogP contribution in [0, 0.1) is 0 Å². The van der Waals surface area contributed by atoms with Gasteiger partial charge in [0.05, 0.1) is 26.5 Å². The molecule has 1 aromatic carbocycles. The van der Waals surface area contributed by atoms with Crippen LogP contribution >= 0.6 is 11.6 Å². The van der Waals surface area contributed by atoms with Gasteiger partial charge in [-0.3, -0.25) is 14.9 Å². The Labute approximate surface area is 185 Å². The Morgan fingerprint density at radius 1 is 1.19 bits per heavy atom. The number of carbonyl (C=O) groups is 1. The third-order valence-electron chi connectivity index (χ3n) is 5.19. The molecule has 162 valence electrons. The number of nitrogens with one attached hydrogen (secondary N) is 1. The van der Waals surface area contributed by atoms with Gasteiger partial charge >= 0.3 is 0 Å². The number of nitrogens with zero attached hydrogens (tertiary/aromatic N) is 3. The number of likely N-dealkylation sites (tertiary alicyclic amines) is 1. The Kier molecular flexibility index (Phi) is 6.27. The number of rotatable bonds is 6. The molecule has 3 heterocycles. The zero-order valence-electron chi connectivity index (χ0n) is 17.3. The molecule has 0 saturated carbocycles. The molecule has 1 atom stereocenters. The fourth-order valence-corrected chi connectivity index (χ4v) is 3.77. The third kappa shape index (κ3) is 4.59. The summed E-state index contributed by atoms with van der Waals surface area (Å²) in [4.78, 5) is 18.8. The van der Waals surface area contributed by atoms with Crippen LogP contribution in [0.1, 0.15) is 23.3 Å². The summed E-state index contributed by atoms with van der Waals surface area (Å²) in [5, 5.41) is 7.63. The highest BCUT2D eigenvalue weighted by Crippen LogP contribution is 2.33. The Morgan fingerprint density at radius 3 is 2.84 bits per heavy atom. The smallest absolute Gasteiger partial charge is 0.272 e. The van der Waals surface area contributed by atoms with Gasteiger partial charge in [0.2, 0.25) is 0 Å². The van der Waals surface area contributed by atoms with Crippen molar-refractivity contribution in [2.45, 2.75) is 18.9 Å². The van der Waals surface area contributed by atoms with E-state index in [1.165, 1.54) is 0 Å². The predicted octanol–water partition coefficient (Wildman–Crippen LogP) is 3.83. The van der Waals surface area contributed by atoms with Gasteiger partial charge < -0.3 is 19.1 Å². The number of hydrogen-bond donors (Lipinski definition) is 1. The fourth-order valence-electron chi connectivity index (χ4n) is 3.61. The van der Waals surface area contributed by atoms with Crippen LogP contribution in [0.3, 0.4) is 0 Å². The van der Waals surface area contributed by atoms with Crippen molar-refractivity contribution in [3.05, 3.63) is 53.4 Å². The number of aromatic nitrogens is 3. The average Bonchev–Trinajstić information content (AvgIpc) is 3.30. The average molecular weight is 443 g/mol. The van der Waals surface area contributed by atoms with Gasteiger partial charge in [0.15, 0.2) is 0 Å². The van der Waals surface area contributed by atoms with Gasteiger partial charge in [-0.1, -0.05) is 11.6 Å². The maximum atomic E-state index is 13.1. The van der Waals surface area contributed by atoms with Crippen LogP contribution in [-0.4, -0.2) is 59.4 Å². The molecule has 1 unspecified atom stereocenters. The van der Waals surface area contributed by atoms with Gasteiger partial charge in [-0.2, -0.15) is 5.10 Å².